The van der Waals surface area contributed by atoms with Crippen molar-refractivity contribution in [2.75, 3.05) is 6.61 Å². The Bertz CT molecular complexity index is 647. The van der Waals surface area contributed by atoms with Crippen LogP contribution in [-0.2, 0) is 9.59 Å². The second kappa shape index (κ2) is 9.46. The molecule has 0 aliphatic rings. The maximum atomic E-state index is 12.0. The molecule has 0 radical (unpaired) electrons. The van der Waals surface area contributed by atoms with Gasteiger partial charge in [0.2, 0.25) is 5.91 Å². The number of hydrogen-bond acceptors (Lipinski definition) is 5. The number of nitrogens with zero attached hydrogens (tertiary/aromatic N) is 1. The van der Waals surface area contributed by atoms with Crippen LogP contribution >= 0.6 is 0 Å². The minimum Gasteiger partial charge on any atom is -0.494 e. The van der Waals surface area contributed by atoms with Gasteiger partial charge in [-0.3, -0.25) is 14.4 Å². The van der Waals surface area contributed by atoms with Gasteiger partial charge in [0.15, 0.2) is 17.5 Å². The number of amides is 1. The van der Waals surface area contributed by atoms with Crippen LogP contribution in [0.25, 0.3) is 0 Å². The zero-order chi connectivity index (χ0) is 18.1. The van der Waals surface area contributed by atoms with Crippen molar-refractivity contribution in [1.82, 2.24) is 5.32 Å². The Morgan fingerprint density at radius 1 is 1.29 bits per heavy atom. The zero-order valence-corrected chi connectivity index (χ0v) is 14.2. The van der Waals surface area contributed by atoms with E-state index in [4.69, 9.17) is 10.00 Å². The van der Waals surface area contributed by atoms with Gasteiger partial charge < -0.3 is 10.1 Å². The number of hydrogen-bond donors (Lipinski definition) is 1. The standard InChI is InChI=1S/C18H22N2O4/c1-12(2)20-18(23)16(11-19)17(22)8-5-9-24-15-7-4-6-14(10-15)13(3)21/h4,6-7,10,12,16H,5,8-9H2,1-3H3,(H,20,23). The van der Waals surface area contributed by atoms with E-state index in [0.717, 1.165) is 0 Å². The van der Waals surface area contributed by atoms with Crippen LogP contribution in [-0.4, -0.2) is 30.1 Å². The first kappa shape index (κ1) is 19.4. The lowest BCUT2D eigenvalue weighted by molar-refractivity contribution is -0.132. The van der Waals surface area contributed by atoms with E-state index in [9.17, 15) is 14.4 Å². The lowest BCUT2D eigenvalue weighted by atomic mass is 10.0. The molecule has 0 bridgehead atoms. The summed E-state index contributed by atoms with van der Waals surface area (Å²) in [4.78, 5) is 35.0. The second-order valence-corrected chi connectivity index (χ2v) is 5.73. The Labute approximate surface area is 141 Å². The van der Waals surface area contributed by atoms with Crippen molar-refractivity contribution in [3.05, 3.63) is 29.8 Å². The molecule has 1 aromatic rings. The number of carbonyl (C=O) groups is 3. The van der Waals surface area contributed by atoms with E-state index in [1.54, 1.807) is 44.2 Å². The molecule has 0 saturated heterocycles. The molecule has 0 aliphatic carbocycles. The van der Waals surface area contributed by atoms with Gasteiger partial charge in [-0.15, -0.1) is 0 Å². The first-order chi connectivity index (χ1) is 11.3. The summed E-state index contributed by atoms with van der Waals surface area (Å²) in [7, 11) is 0. The minimum absolute atomic E-state index is 0.0522. The van der Waals surface area contributed by atoms with E-state index >= 15 is 0 Å². The minimum atomic E-state index is -1.28. The Kier molecular flexibility index (Phi) is 7.63. The summed E-state index contributed by atoms with van der Waals surface area (Å²) in [5.74, 6) is -1.77. The fraction of sp³-hybridized carbons (Fsp3) is 0.444. The van der Waals surface area contributed by atoms with Crippen LogP contribution in [0.5, 0.6) is 5.75 Å². The lowest BCUT2D eigenvalue weighted by Crippen LogP contribution is -2.38. The smallest absolute Gasteiger partial charge is 0.245 e. The predicted octanol–water partition coefficient (Wildman–Crippen LogP) is 2.28. The molecule has 1 aromatic carbocycles. The number of ketones is 2. The molecular weight excluding hydrogens is 308 g/mol. The Hall–Kier alpha value is -2.68. The number of nitrogens with one attached hydrogen (secondary N) is 1. The highest BCUT2D eigenvalue weighted by Gasteiger charge is 2.26. The molecular formula is C18H22N2O4. The molecule has 128 valence electrons. The van der Waals surface area contributed by atoms with Gasteiger partial charge in [0.1, 0.15) is 5.75 Å². The van der Waals surface area contributed by atoms with Crippen LogP contribution in [0.2, 0.25) is 0 Å². The third-order valence-corrected chi connectivity index (χ3v) is 3.22. The Morgan fingerprint density at radius 3 is 2.58 bits per heavy atom. The summed E-state index contributed by atoms with van der Waals surface area (Å²) >= 11 is 0. The van der Waals surface area contributed by atoms with Gasteiger partial charge in [0, 0.05) is 18.0 Å². The first-order valence-corrected chi connectivity index (χ1v) is 7.81. The number of benzene rings is 1. The van der Waals surface area contributed by atoms with E-state index in [2.05, 4.69) is 5.32 Å². The molecule has 1 atom stereocenters. The number of Topliss-reactive ketones (excluding diaryl/α,β-unsaturated/α-hetero) is 2. The van der Waals surface area contributed by atoms with E-state index in [1.807, 2.05) is 0 Å². The molecule has 0 heterocycles. The quantitative estimate of drug-likeness (QED) is 0.426. The number of ether oxygens (including phenoxy) is 1. The SMILES string of the molecule is CC(=O)c1cccc(OCCCC(=O)C(C#N)C(=O)NC(C)C)c1. The molecule has 24 heavy (non-hydrogen) atoms. The molecule has 0 aliphatic heterocycles. The van der Waals surface area contributed by atoms with E-state index in [1.165, 1.54) is 6.92 Å². The molecule has 1 amide bonds. The van der Waals surface area contributed by atoms with Crippen LogP contribution in [0, 0.1) is 17.2 Å². The first-order valence-electron chi connectivity index (χ1n) is 7.81. The maximum Gasteiger partial charge on any atom is 0.245 e. The highest BCUT2D eigenvalue weighted by Crippen LogP contribution is 2.14. The largest absolute Gasteiger partial charge is 0.494 e. The Balaban J connectivity index is 2.45. The maximum absolute atomic E-state index is 12.0. The predicted molar refractivity (Wildman–Crippen MR) is 88.6 cm³/mol. The lowest BCUT2D eigenvalue weighted by Gasteiger charge is -2.12. The third-order valence-electron chi connectivity index (χ3n) is 3.22. The normalized spacial score (nSPS) is 11.5. The van der Waals surface area contributed by atoms with Crippen molar-refractivity contribution in [1.29, 1.82) is 5.26 Å². The third kappa shape index (κ3) is 6.21. The van der Waals surface area contributed by atoms with Crippen molar-refractivity contribution in [3.63, 3.8) is 0 Å². The molecule has 1 rings (SSSR count). The topological polar surface area (TPSA) is 96.3 Å². The van der Waals surface area contributed by atoms with Crippen molar-refractivity contribution in [3.8, 4) is 11.8 Å². The van der Waals surface area contributed by atoms with Gasteiger partial charge >= 0.3 is 0 Å². The fourth-order valence-corrected chi connectivity index (χ4v) is 2.03. The van der Waals surface area contributed by atoms with Crippen LogP contribution < -0.4 is 10.1 Å². The van der Waals surface area contributed by atoms with Gasteiger partial charge in [0.05, 0.1) is 12.7 Å². The average Bonchev–Trinajstić information content (AvgIpc) is 2.51. The second-order valence-electron chi connectivity index (χ2n) is 5.73. The molecule has 1 N–H and O–H groups in total. The monoisotopic (exact) mass is 330 g/mol. The van der Waals surface area contributed by atoms with Gasteiger partial charge in [-0.2, -0.15) is 5.26 Å². The van der Waals surface area contributed by atoms with E-state index < -0.39 is 17.6 Å². The highest BCUT2D eigenvalue weighted by atomic mass is 16.5. The molecule has 0 saturated carbocycles. The fourth-order valence-electron chi connectivity index (χ4n) is 2.03. The van der Waals surface area contributed by atoms with Crippen molar-refractivity contribution in [2.45, 2.75) is 39.7 Å². The number of nitriles is 1. The van der Waals surface area contributed by atoms with Gasteiger partial charge in [0.25, 0.3) is 0 Å². The van der Waals surface area contributed by atoms with Crippen molar-refractivity contribution < 1.29 is 19.1 Å². The highest BCUT2D eigenvalue weighted by molar-refractivity contribution is 6.03. The van der Waals surface area contributed by atoms with Crippen LogP contribution in [0.15, 0.2) is 24.3 Å². The average molecular weight is 330 g/mol. The molecule has 0 fully saturated rings. The number of rotatable bonds is 9. The molecule has 6 nitrogen and oxygen atoms in total. The van der Waals surface area contributed by atoms with Crippen LogP contribution in [0.3, 0.4) is 0 Å². The molecule has 1 unspecified atom stereocenters. The Morgan fingerprint density at radius 2 is 2.00 bits per heavy atom. The van der Waals surface area contributed by atoms with Crippen molar-refractivity contribution in [2.24, 2.45) is 5.92 Å². The molecule has 0 spiro atoms. The summed E-state index contributed by atoms with van der Waals surface area (Å²) in [6.07, 6.45) is 0.465. The molecule has 0 aromatic heterocycles. The summed E-state index contributed by atoms with van der Waals surface area (Å²) in [6, 6.07) is 8.40. The zero-order valence-electron chi connectivity index (χ0n) is 14.2. The number of carbonyl (C=O) groups excluding carboxylic acids is 3. The summed E-state index contributed by atoms with van der Waals surface area (Å²) in [6.45, 7) is 5.26. The summed E-state index contributed by atoms with van der Waals surface area (Å²) < 4.78 is 5.50. The van der Waals surface area contributed by atoms with E-state index in [0.29, 0.717) is 17.7 Å². The van der Waals surface area contributed by atoms with Gasteiger partial charge in [-0.1, -0.05) is 12.1 Å². The summed E-state index contributed by atoms with van der Waals surface area (Å²) in [5.41, 5.74) is 0.554. The van der Waals surface area contributed by atoms with Gasteiger partial charge in [-0.25, -0.2) is 0 Å². The molecule has 6 heteroatoms. The van der Waals surface area contributed by atoms with Crippen LogP contribution in [0.4, 0.5) is 0 Å². The van der Waals surface area contributed by atoms with Gasteiger partial charge in [-0.05, 0) is 39.3 Å². The van der Waals surface area contributed by atoms with E-state index in [-0.39, 0.29) is 24.9 Å². The van der Waals surface area contributed by atoms with Crippen LogP contribution in [0.1, 0.15) is 44.0 Å². The van der Waals surface area contributed by atoms with Crippen molar-refractivity contribution >= 4 is 17.5 Å². The summed E-state index contributed by atoms with van der Waals surface area (Å²) in [5, 5.41) is 11.6.